The number of rotatable bonds is 2. The highest BCUT2D eigenvalue weighted by molar-refractivity contribution is 5.98. The van der Waals surface area contributed by atoms with Crippen LogP contribution in [0.2, 0.25) is 0 Å². The number of hydrogen-bond acceptors (Lipinski definition) is 2. The van der Waals surface area contributed by atoms with Crippen LogP contribution in [0.4, 0.5) is 0 Å². The highest BCUT2D eigenvalue weighted by atomic mass is 15.0. The van der Waals surface area contributed by atoms with Crippen molar-refractivity contribution in [3.05, 3.63) is 84.1 Å². The molecule has 0 saturated carbocycles. The molecule has 0 amide bonds. The van der Waals surface area contributed by atoms with Crippen LogP contribution in [-0.2, 0) is 13.0 Å². The van der Waals surface area contributed by atoms with Crippen molar-refractivity contribution < 1.29 is 0 Å². The Morgan fingerprint density at radius 1 is 1.00 bits per heavy atom. The van der Waals surface area contributed by atoms with Crippen molar-refractivity contribution in [2.75, 3.05) is 0 Å². The Morgan fingerprint density at radius 2 is 1.81 bits per heavy atom. The monoisotopic (exact) mass is 339 g/mol. The molecule has 2 aromatic heterocycles. The van der Waals surface area contributed by atoms with Crippen LogP contribution in [0.25, 0.3) is 22.0 Å². The Kier molecular flexibility index (Phi) is 3.59. The zero-order chi connectivity index (χ0) is 17.5. The van der Waals surface area contributed by atoms with Crippen LogP contribution in [0.15, 0.2) is 67.3 Å². The van der Waals surface area contributed by atoms with Gasteiger partial charge in [0.25, 0.3) is 0 Å². The molecule has 0 saturated heterocycles. The molecule has 4 aromatic rings. The van der Waals surface area contributed by atoms with E-state index in [1.54, 1.807) is 6.33 Å². The van der Waals surface area contributed by atoms with Crippen molar-refractivity contribution >= 4 is 10.9 Å². The second-order valence-corrected chi connectivity index (χ2v) is 7.23. The van der Waals surface area contributed by atoms with Gasteiger partial charge in [-0.15, -0.1) is 0 Å². The minimum absolute atomic E-state index is 0.570. The smallest absolute Gasteiger partial charge is 0.115 e. The molecule has 0 radical (unpaired) electrons. The average molecular weight is 339 g/mol. The number of aromatic nitrogens is 3. The Labute approximate surface area is 153 Å². The summed E-state index contributed by atoms with van der Waals surface area (Å²) in [6, 6.07) is 17.7. The predicted molar refractivity (Wildman–Crippen MR) is 105 cm³/mol. The van der Waals surface area contributed by atoms with Crippen LogP contribution >= 0.6 is 0 Å². The zero-order valence-electron chi connectivity index (χ0n) is 14.9. The molecule has 0 N–H and O–H groups in total. The number of fused-ring (bicyclic) bond motifs is 3. The van der Waals surface area contributed by atoms with Gasteiger partial charge in [-0.2, -0.15) is 0 Å². The van der Waals surface area contributed by atoms with Crippen LogP contribution in [-0.4, -0.2) is 14.5 Å². The van der Waals surface area contributed by atoms with Crippen molar-refractivity contribution in [1.29, 1.82) is 0 Å². The van der Waals surface area contributed by atoms with Crippen molar-refractivity contribution in [3.8, 4) is 11.1 Å². The molecule has 128 valence electrons. The molecule has 3 nitrogen and oxygen atoms in total. The fraction of sp³-hybridized carbons (Fsp3) is 0.217. The van der Waals surface area contributed by atoms with Crippen LogP contribution in [0.3, 0.4) is 0 Å². The summed E-state index contributed by atoms with van der Waals surface area (Å²) in [6.07, 6.45) is 7.74. The Balaban J connectivity index is 1.70. The Morgan fingerprint density at radius 3 is 2.62 bits per heavy atom. The van der Waals surface area contributed by atoms with Gasteiger partial charge in [-0.25, -0.2) is 9.97 Å². The SMILES string of the molecule is Cc1ccc2c(c1)c(-c1cncnc1)c1n2CC(c2ccccc2)CC1. The molecule has 1 aliphatic heterocycles. The molecule has 1 aliphatic rings. The number of nitrogens with zero attached hydrogens (tertiary/aromatic N) is 3. The summed E-state index contributed by atoms with van der Waals surface area (Å²) < 4.78 is 2.53. The van der Waals surface area contributed by atoms with Crippen LogP contribution < -0.4 is 0 Å². The predicted octanol–water partition coefficient (Wildman–Crippen LogP) is 5.14. The number of aryl methyl sites for hydroxylation is 1. The van der Waals surface area contributed by atoms with Gasteiger partial charge in [0.15, 0.2) is 0 Å². The first-order valence-electron chi connectivity index (χ1n) is 9.23. The molecule has 3 heteroatoms. The largest absolute Gasteiger partial charge is 0.343 e. The maximum absolute atomic E-state index is 4.26. The van der Waals surface area contributed by atoms with E-state index in [1.807, 2.05) is 12.4 Å². The fourth-order valence-electron chi connectivity index (χ4n) is 4.36. The second-order valence-electron chi connectivity index (χ2n) is 7.23. The summed E-state index contributed by atoms with van der Waals surface area (Å²) in [5.74, 6) is 0.570. The molecule has 0 bridgehead atoms. The topological polar surface area (TPSA) is 30.7 Å². The maximum Gasteiger partial charge on any atom is 0.115 e. The van der Waals surface area contributed by atoms with Gasteiger partial charge in [0, 0.05) is 52.6 Å². The molecule has 0 fully saturated rings. The van der Waals surface area contributed by atoms with Gasteiger partial charge >= 0.3 is 0 Å². The highest BCUT2D eigenvalue weighted by Gasteiger charge is 2.26. The third kappa shape index (κ3) is 2.43. The maximum atomic E-state index is 4.26. The molecular weight excluding hydrogens is 318 g/mol. The summed E-state index contributed by atoms with van der Waals surface area (Å²) >= 11 is 0. The van der Waals surface area contributed by atoms with Gasteiger partial charge in [0.05, 0.1) is 0 Å². The lowest BCUT2D eigenvalue weighted by Gasteiger charge is -2.26. The molecule has 0 spiro atoms. The van der Waals surface area contributed by atoms with Gasteiger partial charge in [0.1, 0.15) is 6.33 Å². The summed E-state index contributed by atoms with van der Waals surface area (Å²) in [7, 11) is 0. The van der Waals surface area contributed by atoms with E-state index in [0.717, 1.165) is 18.5 Å². The lowest BCUT2D eigenvalue weighted by molar-refractivity contribution is 0.474. The quantitative estimate of drug-likeness (QED) is 0.506. The highest BCUT2D eigenvalue weighted by Crippen LogP contribution is 2.40. The molecular formula is C23H21N3. The summed E-state index contributed by atoms with van der Waals surface area (Å²) in [5.41, 5.74) is 7.92. The van der Waals surface area contributed by atoms with Gasteiger partial charge < -0.3 is 4.57 Å². The lowest BCUT2D eigenvalue weighted by atomic mass is 9.89. The van der Waals surface area contributed by atoms with E-state index in [4.69, 9.17) is 0 Å². The van der Waals surface area contributed by atoms with E-state index < -0.39 is 0 Å². The van der Waals surface area contributed by atoms with Crippen LogP contribution in [0.5, 0.6) is 0 Å². The molecule has 1 atom stereocenters. The van der Waals surface area contributed by atoms with E-state index >= 15 is 0 Å². The van der Waals surface area contributed by atoms with Crippen molar-refractivity contribution in [3.63, 3.8) is 0 Å². The van der Waals surface area contributed by atoms with E-state index in [9.17, 15) is 0 Å². The van der Waals surface area contributed by atoms with Gasteiger partial charge in [-0.3, -0.25) is 0 Å². The first kappa shape index (κ1) is 15.3. The van der Waals surface area contributed by atoms with Gasteiger partial charge in [0.2, 0.25) is 0 Å². The molecule has 0 aliphatic carbocycles. The normalized spacial score (nSPS) is 16.6. The summed E-state index contributed by atoms with van der Waals surface area (Å²) in [4.78, 5) is 8.52. The first-order valence-corrected chi connectivity index (χ1v) is 9.23. The van der Waals surface area contributed by atoms with Crippen LogP contribution in [0, 0.1) is 6.92 Å². The molecule has 1 unspecified atom stereocenters. The molecule has 26 heavy (non-hydrogen) atoms. The minimum atomic E-state index is 0.570. The number of benzene rings is 2. The molecule has 3 heterocycles. The van der Waals surface area contributed by atoms with Crippen molar-refractivity contribution in [2.45, 2.75) is 32.2 Å². The van der Waals surface area contributed by atoms with Crippen LogP contribution in [0.1, 0.15) is 29.2 Å². The fourth-order valence-corrected chi connectivity index (χ4v) is 4.36. The van der Waals surface area contributed by atoms with E-state index in [-0.39, 0.29) is 0 Å². The summed E-state index contributed by atoms with van der Waals surface area (Å²) in [6.45, 7) is 3.20. The van der Waals surface area contributed by atoms with Crippen molar-refractivity contribution in [2.24, 2.45) is 0 Å². The minimum Gasteiger partial charge on any atom is -0.343 e. The zero-order valence-corrected chi connectivity index (χ0v) is 14.9. The number of hydrogen-bond donors (Lipinski definition) is 0. The van der Waals surface area contributed by atoms with Crippen molar-refractivity contribution in [1.82, 2.24) is 14.5 Å². The van der Waals surface area contributed by atoms with E-state index in [0.29, 0.717) is 5.92 Å². The van der Waals surface area contributed by atoms with E-state index in [1.165, 1.54) is 39.7 Å². The molecule has 5 rings (SSSR count). The third-order valence-corrected chi connectivity index (χ3v) is 5.58. The Hall–Kier alpha value is -2.94. The Bertz CT molecular complexity index is 1070. The van der Waals surface area contributed by atoms with E-state index in [2.05, 4.69) is 70.0 Å². The molecule has 2 aromatic carbocycles. The average Bonchev–Trinajstić information content (AvgIpc) is 3.02. The lowest BCUT2D eigenvalue weighted by Crippen LogP contribution is -2.18. The first-order chi connectivity index (χ1) is 12.8. The second kappa shape index (κ2) is 6.10. The third-order valence-electron chi connectivity index (χ3n) is 5.58. The van der Waals surface area contributed by atoms with Gasteiger partial charge in [-0.05, 0) is 37.5 Å². The van der Waals surface area contributed by atoms with Gasteiger partial charge in [-0.1, -0.05) is 42.0 Å². The summed E-state index contributed by atoms with van der Waals surface area (Å²) in [5, 5.41) is 1.32. The standard InChI is InChI=1S/C23H21N3/c1-16-7-9-21-20(11-16)23(19-12-24-15-25-13-19)22-10-8-18(14-26(21)22)17-5-3-2-4-6-17/h2-7,9,11-13,15,18H,8,10,14H2,1H3.